The quantitative estimate of drug-likeness (QED) is 0.139. The van der Waals surface area contributed by atoms with E-state index in [0.29, 0.717) is 0 Å². The van der Waals surface area contributed by atoms with E-state index in [1.165, 1.54) is 0 Å². The van der Waals surface area contributed by atoms with Crippen LogP contribution in [-0.4, -0.2) is 26.4 Å². The second-order valence-corrected chi connectivity index (χ2v) is 11.6. The van der Waals surface area contributed by atoms with Crippen molar-refractivity contribution in [3.05, 3.63) is 169 Å². The lowest BCUT2D eigenvalue weighted by atomic mass is 9.59. The van der Waals surface area contributed by atoms with E-state index >= 15 is 0 Å². The molecule has 4 aromatic rings. The number of benzene rings is 4. The molecule has 0 radical (unpaired) electrons. The summed E-state index contributed by atoms with van der Waals surface area (Å²) in [6.45, 7) is 12.6. The molecule has 222 valence electrons. The highest BCUT2D eigenvalue weighted by Gasteiger charge is 2.66. The van der Waals surface area contributed by atoms with Gasteiger partial charge in [0.05, 0.1) is 0 Å². The number of allylic oxidation sites excluding steroid dienone is 2. The van der Waals surface area contributed by atoms with Crippen molar-refractivity contribution in [2.45, 2.75) is 61.7 Å². The van der Waals surface area contributed by atoms with Crippen molar-refractivity contribution < 1.29 is 18.6 Å². The molecule has 0 aliphatic carbocycles. The first-order chi connectivity index (χ1) is 21.6. The van der Waals surface area contributed by atoms with E-state index in [2.05, 4.69) is 124 Å². The zero-order chi connectivity index (χ0) is 30.6. The molecule has 4 atom stereocenters. The maximum Gasteiger partial charge on any atom is 0.465 e. The smallest absolute Gasteiger partial charge is 0.401 e. The molecular formula is C38H40B2O4. The summed E-state index contributed by atoms with van der Waals surface area (Å²) in [6.07, 6.45) is 4.28. The molecule has 2 fully saturated rings. The topological polar surface area (TPSA) is 36.9 Å². The Hall–Kier alpha value is -3.67. The first kappa shape index (κ1) is 30.4. The molecule has 4 aromatic carbocycles. The molecule has 0 saturated carbocycles. The fourth-order valence-corrected chi connectivity index (χ4v) is 6.93. The summed E-state index contributed by atoms with van der Waals surface area (Å²) < 4.78 is 29.0. The maximum atomic E-state index is 7.32. The van der Waals surface area contributed by atoms with E-state index in [1.807, 2.05) is 36.4 Å². The highest BCUT2D eigenvalue weighted by atomic mass is 16.7. The SMILES string of the molecule is C=C[C@H](CC)B1O[C@@H]2[C@@H](OB([C@H](C=C)CC)OC2(c2ccccc2)c2ccccc2)C(c2ccccc2)(c2ccccc2)O1. The molecule has 2 aliphatic rings. The molecule has 6 heteroatoms. The summed E-state index contributed by atoms with van der Waals surface area (Å²) in [7, 11) is -1.23. The van der Waals surface area contributed by atoms with Crippen LogP contribution in [0.4, 0.5) is 0 Å². The Labute approximate surface area is 263 Å². The van der Waals surface area contributed by atoms with Crippen LogP contribution in [-0.2, 0) is 29.8 Å². The average Bonchev–Trinajstić information content (AvgIpc) is 3.10. The van der Waals surface area contributed by atoms with Crippen molar-refractivity contribution in [1.29, 1.82) is 0 Å². The summed E-state index contributed by atoms with van der Waals surface area (Å²) >= 11 is 0. The Morgan fingerprint density at radius 2 is 0.818 bits per heavy atom. The summed E-state index contributed by atoms with van der Waals surface area (Å²) in [5.74, 6) is -0.137. The van der Waals surface area contributed by atoms with Gasteiger partial charge in [-0.3, -0.25) is 0 Å². The van der Waals surface area contributed by atoms with Gasteiger partial charge in [-0.15, -0.1) is 13.2 Å². The summed E-state index contributed by atoms with van der Waals surface area (Å²) in [5.41, 5.74) is 1.93. The van der Waals surface area contributed by atoms with Gasteiger partial charge in [-0.05, 0) is 22.3 Å². The van der Waals surface area contributed by atoms with Crippen LogP contribution in [0, 0.1) is 0 Å². The highest BCUT2D eigenvalue weighted by Crippen LogP contribution is 2.55. The third-order valence-electron chi connectivity index (χ3n) is 9.30. The van der Waals surface area contributed by atoms with Crippen molar-refractivity contribution >= 4 is 14.2 Å². The van der Waals surface area contributed by atoms with Crippen LogP contribution in [0.15, 0.2) is 147 Å². The zero-order valence-corrected chi connectivity index (χ0v) is 25.6. The minimum Gasteiger partial charge on any atom is -0.401 e. The van der Waals surface area contributed by atoms with Gasteiger partial charge in [0, 0.05) is 11.6 Å². The van der Waals surface area contributed by atoms with Gasteiger partial charge in [-0.1, -0.05) is 160 Å². The van der Waals surface area contributed by atoms with Crippen LogP contribution in [0.25, 0.3) is 0 Å². The van der Waals surface area contributed by atoms with Gasteiger partial charge in [0.15, 0.2) is 0 Å². The normalized spacial score (nSPS) is 22.0. The molecule has 0 aromatic heterocycles. The van der Waals surface area contributed by atoms with E-state index in [0.717, 1.165) is 35.1 Å². The average molecular weight is 582 g/mol. The van der Waals surface area contributed by atoms with Gasteiger partial charge >= 0.3 is 14.2 Å². The molecule has 2 aliphatic heterocycles. The van der Waals surface area contributed by atoms with Crippen LogP contribution in [0.1, 0.15) is 48.9 Å². The molecule has 6 rings (SSSR count). The van der Waals surface area contributed by atoms with Crippen LogP contribution < -0.4 is 0 Å². The fourth-order valence-electron chi connectivity index (χ4n) is 6.93. The summed E-state index contributed by atoms with van der Waals surface area (Å²) in [6, 6.07) is 41.7. The van der Waals surface area contributed by atoms with E-state index in [4.69, 9.17) is 18.6 Å². The first-order valence-corrected chi connectivity index (χ1v) is 15.8. The number of rotatable bonds is 10. The Balaban J connectivity index is 1.70. The maximum absolute atomic E-state index is 7.32. The van der Waals surface area contributed by atoms with Gasteiger partial charge in [0.1, 0.15) is 23.4 Å². The van der Waals surface area contributed by atoms with Crippen LogP contribution in [0.2, 0.25) is 11.6 Å². The number of fused-ring (bicyclic) bond motifs is 1. The van der Waals surface area contributed by atoms with Crippen LogP contribution in [0.3, 0.4) is 0 Å². The third kappa shape index (κ3) is 5.10. The monoisotopic (exact) mass is 582 g/mol. The van der Waals surface area contributed by atoms with E-state index < -0.39 is 37.6 Å². The van der Waals surface area contributed by atoms with E-state index in [1.54, 1.807) is 0 Å². The minimum absolute atomic E-state index is 0.0683. The Morgan fingerprint density at radius 1 is 0.545 bits per heavy atom. The predicted octanol–water partition coefficient (Wildman–Crippen LogP) is 8.61. The fraction of sp³-hybridized carbons (Fsp3) is 0.263. The second-order valence-electron chi connectivity index (χ2n) is 11.6. The molecule has 0 bridgehead atoms. The van der Waals surface area contributed by atoms with E-state index in [-0.39, 0.29) is 11.6 Å². The molecule has 4 nitrogen and oxygen atoms in total. The third-order valence-corrected chi connectivity index (χ3v) is 9.30. The number of hydrogen-bond donors (Lipinski definition) is 0. The molecule has 2 heterocycles. The molecule has 0 spiro atoms. The lowest BCUT2D eigenvalue weighted by Gasteiger charge is -2.60. The molecule has 0 amide bonds. The van der Waals surface area contributed by atoms with Crippen LogP contribution in [0.5, 0.6) is 0 Å². The Bertz CT molecular complexity index is 1320. The zero-order valence-electron chi connectivity index (χ0n) is 25.6. The second kappa shape index (κ2) is 13.1. The highest BCUT2D eigenvalue weighted by molar-refractivity contribution is 6.49. The van der Waals surface area contributed by atoms with Gasteiger partial charge < -0.3 is 18.6 Å². The summed E-state index contributed by atoms with van der Waals surface area (Å²) in [4.78, 5) is 0. The van der Waals surface area contributed by atoms with E-state index in [9.17, 15) is 0 Å². The molecule has 44 heavy (non-hydrogen) atoms. The van der Waals surface area contributed by atoms with Crippen molar-refractivity contribution in [2.24, 2.45) is 0 Å². The van der Waals surface area contributed by atoms with Crippen molar-refractivity contribution in [3.8, 4) is 0 Å². The van der Waals surface area contributed by atoms with Crippen molar-refractivity contribution in [3.63, 3.8) is 0 Å². The van der Waals surface area contributed by atoms with Gasteiger partial charge in [0.25, 0.3) is 0 Å². The first-order valence-electron chi connectivity index (χ1n) is 15.8. The van der Waals surface area contributed by atoms with Crippen molar-refractivity contribution in [2.75, 3.05) is 0 Å². The Morgan fingerprint density at radius 3 is 1.05 bits per heavy atom. The van der Waals surface area contributed by atoms with Gasteiger partial charge in [0.2, 0.25) is 0 Å². The van der Waals surface area contributed by atoms with Gasteiger partial charge in [-0.2, -0.15) is 0 Å². The lowest BCUT2D eigenvalue weighted by Crippen LogP contribution is -2.72. The molecule has 0 unspecified atom stereocenters. The molecular weight excluding hydrogens is 542 g/mol. The largest absolute Gasteiger partial charge is 0.465 e. The Kier molecular flexibility index (Phi) is 9.06. The standard InChI is InChI=1S/C38H40B2O4/c1-5-33(6-2)39-41-35-36(37(43-39,29-21-13-9-14-22-29)30-23-15-10-16-24-30)42-40(34(7-3)8-4)44-38(35,31-25-17-11-18-26-31)32-27-19-12-20-28-32/h5,7,9-28,33-36H,1,3,6,8H2,2,4H3/t33-,34-,35-,36-/m1/s1. The summed E-state index contributed by atoms with van der Waals surface area (Å²) in [5, 5.41) is 0. The lowest BCUT2D eigenvalue weighted by molar-refractivity contribution is -0.216. The van der Waals surface area contributed by atoms with Crippen molar-refractivity contribution in [1.82, 2.24) is 0 Å². The molecule has 2 saturated heterocycles. The van der Waals surface area contributed by atoms with Gasteiger partial charge in [-0.25, -0.2) is 0 Å². The minimum atomic E-state index is -1.02. The predicted molar refractivity (Wildman–Crippen MR) is 179 cm³/mol. The number of hydrogen-bond acceptors (Lipinski definition) is 4. The molecule has 0 N–H and O–H groups in total. The van der Waals surface area contributed by atoms with Crippen LogP contribution >= 0.6 is 0 Å².